The van der Waals surface area contributed by atoms with E-state index in [1.165, 1.54) is 0 Å². The Morgan fingerprint density at radius 2 is 1.48 bits per heavy atom. The third-order valence-electron chi connectivity index (χ3n) is 4.70. The minimum Gasteiger partial charge on any atom is -0.495 e. The lowest BCUT2D eigenvalue weighted by atomic mass is 10.0. The first kappa shape index (κ1) is 24.1. The van der Waals surface area contributed by atoms with Crippen LogP contribution >= 0.6 is 0 Å². The number of ether oxygens (including phenoxy) is 4. The average Bonchev–Trinajstić information content (AvgIpc) is 2.76. The van der Waals surface area contributed by atoms with Gasteiger partial charge in [0.2, 0.25) is 11.7 Å². The Morgan fingerprint density at radius 3 is 2.00 bits per heavy atom. The van der Waals surface area contributed by atoms with Crippen molar-refractivity contribution in [1.29, 1.82) is 0 Å². The molecule has 7 heteroatoms. The summed E-state index contributed by atoms with van der Waals surface area (Å²) in [6.45, 7) is 4.06. The molecule has 0 saturated carbocycles. The van der Waals surface area contributed by atoms with Crippen LogP contribution in [0.25, 0.3) is 12.2 Å². The molecular formula is C24H32N2O5. The zero-order valence-electron chi connectivity index (χ0n) is 19.0. The highest BCUT2D eigenvalue weighted by atomic mass is 16.5. The standard InChI is InChI=1S/C24H32N2O5/c1-15(2)11-18(25)24(27)26-19-12-16(9-10-20(19)28-3)7-8-17-13-21(29-4)23(31-6)22(14-17)30-5/h7-10,12-15,18H,11,25H2,1-6H3,(H,26,27)/b8-7-. The number of rotatable bonds is 10. The van der Waals surface area contributed by atoms with Gasteiger partial charge in [-0.05, 0) is 47.7 Å². The topological polar surface area (TPSA) is 92.0 Å². The molecule has 7 nitrogen and oxygen atoms in total. The molecule has 0 aliphatic rings. The van der Waals surface area contributed by atoms with Gasteiger partial charge in [-0.3, -0.25) is 4.79 Å². The fraction of sp³-hybridized carbons (Fsp3) is 0.375. The second kappa shape index (κ2) is 11.3. The molecule has 2 aromatic carbocycles. The number of carbonyl (C=O) groups is 1. The number of nitrogens with one attached hydrogen (secondary N) is 1. The molecule has 0 bridgehead atoms. The molecule has 0 heterocycles. The van der Waals surface area contributed by atoms with E-state index in [0.29, 0.717) is 41.0 Å². The molecule has 0 saturated heterocycles. The number of carbonyl (C=O) groups excluding carboxylic acids is 1. The number of methoxy groups -OCH3 is 4. The maximum absolute atomic E-state index is 12.5. The van der Waals surface area contributed by atoms with Gasteiger partial charge in [-0.1, -0.05) is 32.1 Å². The maximum Gasteiger partial charge on any atom is 0.241 e. The van der Waals surface area contributed by atoms with E-state index in [4.69, 9.17) is 24.7 Å². The number of benzene rings is 2. The molecule has 3 N–H and O–H groups in total. The summed E-state index contributed by atoms with van der Waals surface area (Å²) in [4.78, 5) is 12.5. The Labute approximate surface area is 184 Å². The van der Waals surface area contributed by atoms with Gasteiger partial charge in [0, 0.05) is 0 Å². The van der Waals surface area contributed by atoms with E-state index in [2.05, 4.69) is 5.32 Å². The molecule has 0 radical (unpaired) electrons. The van der Waals surface area contributed by atoms with Gasteiger partial charge in [-0.15, -0.1) is 0 Å². The molecule has 0 spiro atoms. The number of nitrogens with two attached hydrogens (primary N) is 1. The summed E-state index contributed by atoms with van der Waals surface area (Å²) >= 11 is 0. The Kier molecular flexibility index (Phi) is 8.75. The third kappa shape index (κ3) is 6.39. The molecule has 31 heavy (non-hydrogen) atoms. The molecule has 0 fully saturated rings. The number of hydrogen-bond acceptors (Lipinski definition) is 6. The van der Waals surface area contributed by atoms with Crippen LogP contribution in [0.2, 0.25) is 0 Å². The summed E-state index contributed by atoms with van der Waals surface area (Å²) in [6, 6.07) is 8.68. The predicted molar refractivity (Wildman–Crippen MR) is 124 cm³/mol. The van der Waals surface area contributed by atoms with Crippen molar-refractivity contribution in [2.45, 2.75) is 26.3 Å². The Hall–Kier alpha value is -3.19. The molecule has 2 aromatic rings. The van der Waals surface area contributed by atoms with Crippen LogP contribution in [0.15, 0.2) is 30.3 Å². The SMILES string of the molecule is COc1ccc(/C=C\c2cc(OC)c(OC)c(OC)c2)cc1NC(=O)C(N)CC(C)C. The van der Waals surface area contributed by atoms with E-state index in [9.17, 15) is 4.79 Å². The summed E-state index contributed by atoms with van der Waals surface area (Å²) in [5, 5.41) is 2.88. The van der Waals surface area contributed by atoms with Crippen LogP contribution < -0.4 is 30.0 Å². The van der Waals surface area contributed by atoms with Crippen LogP contribution in [0.1, 0.15) is 31.4 Å². The monoisotopic (exact) mass is 428 g/mol. The zero-order valence-corrected chi connectivity index (χ0v) is 19.0. The molecule has 2 rings (SSSR count). The number of hydrogen-bond donors (Lipinski definition) is 2. The molecule has 0 aliphatic heterocycles. The number of anilines is 1. The van der Waals surface area contributed by atoms with Crippen molar-refractivity contribution in [3.63, 3.8) is 0 Å². The van der Waals surface area contributed by atoms with Crippen molar-refractivity contribution in [3.05, 3.63) is 41.5 Å². The van der Waals surface area contributed by atoms with Gasteiger partial charge in [-0.2, -0.15) is 0 Å². The van der Waals surface area contributed by atoms with Crippen molar-refractivity contribution in [3.8, 4) is 23.0 Å². The highest BCUT2D eigenvalue weighted by Gasteiger charge is 2.17. The fourth-order valence-electron chi connectivity index (χ4n) is 3.16. The van der Waals surface area contributed by atoms with E-state index in [0.717, 1.165) is 11.1 Å². The third-order valence-corrected chi connectivity index (χ3v) is 4.70. The highest BCUT2D eigenvalue weighted by molar-refractivity contribution is 5.96. The van der Waals surface area contributed by atoms with Crippen molar-refractivity contribution in [2.24, 2.45) is 11.7 Å². The molecular weight excluding hydrogens is 396 g/mol. The van der Waals surface area contributed by atoms with Crippen LogP contribution in [0.4, 0.5) is 5.69 Å². The summed E-state index contributed by atoms with van der Waals surface area (Å²) in [5.74, 6) is 2.34. The fourth-order valence-corrected chi connectivity index (χ4v) is 3.16. The lowest BCUT2D eigenvalue weighted by molar-refractivity contribution is -0.117. The van der Waals surface area contributed by atoms with E-state index in [1.807, 2.05) is 50.3 Å². The summed E-state index contributed by atoms with van der Waals surface area (Å²) in [6.07, 6.45) is 4.45. The first-order chi connectivity index (χ1) is 14.8. The van der Waals surface area contributed by atoms with Gasteiger partial charge in [0.1, 0.15) is 5.75 Å². The van der Waals surface area contributed by atoms with Crippen molar-refractivity contribution in [1.82, 2.24) is 0 Å². The minimum absolute atomic E-state index is 0.238. The van der Waals surface area contributed by atoms with Crippen molar-refractivity contribution < 1.29 is 23.7 Å². The number of amides is 1. The molecule has 168 valence electrons. The van der Waals surface area contributed by atoms with Crippen LogP contribution in [0, 0.1) is 5.92 Å². The van der Waals surface area contributed by atoms with Crippen LogP contribution in [-0.4, -0.2) is 40.4 Å². The first-order valence-corrected chi connectivity index (χ1v) is 10.1. The lowest BCUT2D eigenvalue weighted by Gasteiger charge is -2.16. The van der Waals surface area contributed by atoms with Crippen molar-refractivity contribution >= 4 is 23.7 Å². The smallest absolute Gasteiger partial charge is 0.241 e. The normalized spacial score (nSPS) is 12.0. The van der Waals surface area contributed by atoms with Crippen molar-refractivity contribution in [2.75, 3.05) is 33.8 Å². The maximum atomic E-state index is 12.5. The zero-order chi connectivity index (χ0) is 23.0. The quantitative estimate of drug-likeness (QED) is 0.551. The van der Waals surface area contributed by atoms with E-state index >= 15 is 0 Å². The molecule has 0 aromatic heterocycles. The van der Waals surface area contributed by atoms with Crippen LogP contribution in [0.5, 0.6) is 23.0 Å². The molecule has 1 unspecified atom stereocenters. The van der Waals surface area contributed by atoms with Crippen LogP contribution in [-0.2, 0) is 4.79 Å². The minimum atomic E-state index is -0.580. The van der Waals surface area contributed by atoms with Gasteiger partial charge < -0.3 is 30.0 Å². The largest absolute Gasteiger partial charge is 0.495 e. The molecule has 1 atom stereocenters. The van der Waals surface area contributed by atoms with Crippen LogP contribution in [0.3, 0.4) is 0 Å². The summed E-state index contributed by atoms with van der Waals surface area (Å²) in [5.41, 5.74) is 8.32. The van der Waals surface area contributed by atoms with E-state index in [1.54, 1.807) is 34.5 Å². The average molecular weight is 429 g/mol. The van der Waals surface area contributed by atoms with E-state index < -0.39 is 6.04 Å². The Morgan fingerprint density at radius 1 is 0.903 bits per heavy atom. The Bertz CT molecular complexity index is 899. The summed E-state index contributed by atoms with van der Waals surface area (Å²) in [7, 11) is 6.28. The summed E-state index contributed by atoms with van der Waals surface area (Å²) < 4.78 is 21.5. The predicted octanol–water partition coefficient (Wildman–Crippen LogP) is 4.20. The molecule has 1 amide bonds. The van der Waals surface area contributed by atoms with Gasteiger partial charge in [0.25, 0.3) is 0 Å². The highest BCUT2D eigenvalue weighted by Crippen LogP contribution is 2.38. The van der Waals surface area contributed by atoms with E-state index in [-0.39, 0.29) is 5.91 Å². The molecule has 0 aliphatic carbocycles. The van der Waals surface area contributed by atoms with Gasteiger partial charge in [-0.25, -0.2) is 0 Å². The van der Waals surface area contributed by atoms with Gasteiger partial charge in [0.15, 0.2) is 11.5 Å². The Balaban J connectivity index is 2.29. The lowest BCUT2D eigenvalue weighted by Crippen LogP contribution is -2.36. The van der Waals surface area contributed by atoms with Gasteiger partial charge in [0.05, 0.1) is 40.2 Å². The first-order valence-electron chi connectivity index (χ1n) is 10.1. The van der Waals surface area contributed by atoms with Gasteiger partial charge >= 0.3 is 0 Å². The second-order valence-corrected chi connectivity index (χ2v) is 7.48. The second-order valence-electron chi connectivity index (χ2n) is 7.48.